The van der Waals surface area contributed by atoms with Crippen molar-refractivity contribution in [1.82, 2.24) is 5.32 Å². The second-order valence-electron chi connectivity index (χ2n) is 4.93. The first-order chi connectivity index (χ1) is 9.63. The molecule has 0 saturated heterocycles. The second kappa shape index (κ2) is 5.25. The Bertz CT molecular complexity index is 644. The fourth-order valence-corrected chi connectivity index (χ4v) is 3.63. The average Bonchev–Trinajstić information content (AvgIpc) is 3.00. The number of nitrogens with one attached hydrogen (secondary N) is 1. The number of carbonyl (C=O) groups excluding carboxylic acids is 1. The highest BCUT2D eigenvalue weighted by Crippen LogP contribution is 2.30. The SMILES string of the molecule is Nc1cc(C(=O)NCc2cc3c(s2)CCC3)ccc1F. The van der Waals surface area contributed by atoms with Gasteiger partial charge in [0.1, 0.15) is 5.82 Å². The lowest BCUT2D eigenvalue weighted by atomic mass is 10.2. The van der Waals surface area contributed by atoms with E-state index in [1.54, 1.807) is 11.3 Å². The fraction of sp³-hybridized carbons (Fsp3) is 0.267. The van der Waals surface area contributed by atoms with E-state index in [4.69, 9.17) is 5.73 Å². The van der Waals surface area contributed by atoms with Crippen molar-refractivity contribution in [3.63, 3.8) is 0 Å². The van der Waals surface area contributed by atoms with Crippen LogP contribution in [0.15, 0.2) is 24.3 Å². The largest absolute Gasteiger partial charge is 0.396 e. The Labute approximate surface area is 120 Å². The molecule has 1 heterocycles. The van der Waals surface area contributed by atoms with Crippen LogP contribution in [0.3, 0.4) is 0 Å². The first-order valence-electron chi connectivity index (χ1n) is 6.57. The number of rotatable bonds is 3. The lowest BCUT2D eigenvalue weighted by Crippen LogP contribution is -2.22. The molecule has 0 unspecified atom stereocenters. The molecule has 0 fully saturated rings. The molecule has 1 amide bonds. The van der Waals surface area contributed by atoms with Gasteiger partial charge in [0.05, 0.1) is 12.2 Å². The number of nitrogens with two attached hydrogens (primary N) is 1. The van der Waals surface area contributed by atoms with Crippen molar-refractivity contribution in [2.45, 2.75) is 25.8 Å². The molecule has 1 aromatic carbocycles. The highest BCUT2D eigenvalue weighted by molar-refractivity contribution is 7.12. The Balaban J connectivity index is 1.65. The van der Waals surface area contributed by atoms with Gasteiger partial charge < -0.3 is 11.1 Å². The fourth-order valence-electron chi connectivity index (χ4n) is 2.43. The molecule has 3 N–H and O–H groups in total. The lowest BCUT2D eigenvalue weighted by molar-refractivity contribution is 0.0951. The Hall–Kier alpha value is -1.88. The van der Waals surface area contributed by atoms with E-state index in [-0.39, 0.29) is 11.6 Å². The van der Waals surface area contributed by atoms with Crippen molar-refractivity contribution in [3.05, 3.63) is 51.0 Å². The van der Waals surface area contributed by atoms with Crippen LogP contribution in [-0.2, 0) is 19.4 Å². The summed E-state index contributed by atoms with van der Waals surface area (Å²) in [7, 11) is 0. The number of hydrogen-bond donors (Lipinski definition) is 2. The molecule has 5 heteroatoms. The standard InChI is InChI=1S/C15H15FN2OS/c16-12-5-4-10(7-13(12)17)15(19)18-8-11-6-9-2-1-3-14(9)20-11/h4-7H,1-3,8,17H2,(H,18,19). The maximum Gasteiger partial charge on any atom is 0.251 e. The van der Waals surface area contributed by atoms with Crippen molar-refractivity contribution < 1.29 is 9.18 Å². The molecule has 0 bridgehead atoms. The maximum absolute atomic E-state index is 13.1. The molecule has 104 valence electrons. The molecule has 3 rings (SSSR count). The zero-order chi connectivity index (χ0) is 14.1. The third kappa shape index (κ3) is 2.54. The molecule has 1 aromatic heterocycles. The molecule has 2 aromatic rings. The van der Waals surface area contributed by atoms with Crippen molar-refractivity contribution in [2.75, 3.05) is 5.73 Å². The van der Waals surface area contributed by atoms with E-state index < -0.39 is 5.82 Å². The van der Waals surface area contributed by atoms with Gasteiger partial charge >= 0.3 is 0 Å². The average molecular weight is 290 g/mol. The summed E-state index contributed by atoms with van der Waals surface area (Å²) in [6.45, 7) is 0.508. The highest BCUT2D eigenvalue weighted by Gasteiger charge is 2.15. The molecule has 0 saturated carbocycles. The molecule has 0 spiro atoms. The minimum absolute atomic E-state index is 0.00671. The van der Waals surface area contributed by atoms with Gasteiger partial charge in [0.15, 0.2) is 0 Å². The normalized spacial score (nSPS) is 13.2. The number of aryl methyl sites for hydroxylation is 2. The molecule has 0 atom stereocenters. The number of fused-ring (bicyclic) bond motifs is 1. The van der Waals surface area contributed by atoms with Gasteiger partial charge in [0.25, 0.3) is 5.91 Å². The zero-order valence-corrected chi connectivity index (χ0v) is 11.7. The van der Waals surface area contributed by atoms with Crippen LogP contribution in [0.1, 0.15) is 32.1 Å². The van der Waals surface area contributed by atoms with Crippen LogP contribution in [0.4, 0.5) is 10.1 Å². The third-order valence-electron chi connectivity index (χ3n) is 3.48. The maximum atomic E-state index is 13.1. The van der Waals surface area contributed by atoms with Crippen LogP contribution < -0.4 is 11.1 Å². The highest BCUT2D eigenvalue weighted by atomic mass is 32.1. The van der Waals surface area contributed by atoms with Crippen LogP contribution in [0, 0.1) is 5.82 Å². The van der Waals surface area contributed by atoms with Gasteiger partial charge in [-0.25, -0.2) is 4.39 Å². The Morgan fingerprint density at radius 1 is 1.35 bits per heavy atom. The number of carbonyl (C=O) groups is 1. The molecule has 0 aliphatic heterocycles. The van der Waals surface area contributed by atoms with E-state index in [1.807, 2.05) is 0 Å². The molecule has 20 heavy (non-hydrogen) atoms. The smallest absolute Gasteiger partial charge is 0.251 e. The Morgan fingerprint density at radius 3 is 2.95 bits per heavy atom. The first kappa shape index (κ1) is 13.1. The van der Waals surface area contributed by atoms with Gasteiger partial charge in [0.2, 0.25) is 0 Å². The summed E-state index contributed by atoms with van der Waals surface area (Å²) in [5.74, 6) is -0.735. The monoisotopic (exact) mass is 290 g/mol. The van der Waals surface area contributed by atoms with Crippen LogP contribution in [0.5, 0.6) is 0 Å². The number of hydrogen-bond acceptors (Lipinski definition) is 3. The summed E-state index contributed by atoms with van der Waals surface area (Å²) in [5.41, 5.74) is 7.26. The minimum atomic E-state index is -0.503. The van der Waals surface area contributed by atoms with E-state index in [0.717, 1.165) is 17.7 Å². The van der Waals surface area contributed by atoms with E-state index in [2.05, 4.69) is 11.4 Å². The Morgan fingerprint density at radius 2 is 2.20 bits per heavy atom. The summed E-state index contributed by atoms with van der Waals surface area (Å²) < 4.78 is 13.1. The predicted octanol–water partition coefficient (Wildman–Crippen LogP) is 2.89. The topological polar surface area (TPSA) is 55.1 Å². The number of benzene rings is 1. The number of thiophene rings is 1. The number of nitrogen functional groups attached to an aromatic ring is 1. The molecule has 0 radical (unpaired) electrons. The third-order valence-corrected chi connectivity index (χ3v) is 4.72. The van der Waals surface area contributed by atoms with Crippen molar-refractivity contribution in [1.29, 1.82) is 0 Å². The second-order valence-corrected chi connectivity index (χ2v) is 6.15. The number of halogens is 1. The van der Waals surface area contributed by atoms with E-state index in [0.29, 0.717) is 12.1 Å². The van der Waals surface area contributed by atoms with E-state index in [1.165, 1.54) is 35.1 Å². The summed E-state index contributed by atoms with van der Waals surface area (Å²) in [5, 5.41) is 2.84. The molecular weight excluding hydrogens is 275 g/mol. The summed E-state index contributed by atoms with van der Waals surface area (Å²) in [6.07, 6.45) is 3.54. The van der Waals surface area contributed by atoms with Crippen LogP contribution in [-0.4, -0.2) is 5.91 Å². The summed E-state index contributed by atoms with van der Waals surface area (Å²) in [4.78, 5) is 14.6. The van der Waals surface area contributed by atoms with Gasteiger partial charge in [-0.2, -0.15) is 0 Å². The minimum Gasteiger partial charge on any atom is -0.396 e. The molecular formula is C15H15FN2OS. The molecule has 3 nitrogen and oxygen atoms in total. The number of amides is 1. The van der Waals surface area contributed by atoms with Gasteiger partial charge in [-0.15, -0.1) is 11.3 Å². The van der Waals surface area contributed by atoms with Crippen molar-refractivity contribution >= 4 is 22.9 Å². The predicted molar refractivity (Wildman–Crippen MR) is 78.3 cm³/mol. The zero-order valence-electron chi connectivity index (χ0n) is 10.9. The number of anilines is 1. The van der Waals surface area contributed by atoms with E-state index >= 15 is 0 Å². The Kier molecular flexibility index (Phi) is 3.44. The van der Waals surface area contributed by atoms with Crippen LogP contribution in [0.2, 0.25) is 0 Å². The lowest BCUT2D eigenvalue weighted by Gasteiger charge is -2.05. The molecule has 1 aliphatic rings. The first-order valence-corrected chi connectivity index (χ1v) is 7.39. The van der Waals surface area contributed by atoms with Crippen molar-refractivity contribution in [2.24, 2.45) is 0 Å². The van der Waals surface area contributed by atoms with E-state index in [9.17, 15) is 9.18 Å². The summed E-state index contributed by atoms with van der Waals surface area (Å²) in [6, 6.07) is 6.19. The molecule has 1 aliphatic carbocycles. The van der Waals surface area contributed by atoms with Gasteiger partial charge in [0, 0.05) is 15.3 Å². The van der Waals surface area contributed by atoms with Gasteiger partial charge in [-0.3, -0.25) is 4.79 Å². The summed E-state index contributed by atoms with van der Waals surface area (Å²) >= 11 is 1.77. The van der Waals surface area contributed by atoms with Crippen LogP contribution in [0.25, 0.3) is 0 Å². The van der Waals surface area contributed by atoms with Gasteiger partial charge in [-0.05, 0) is 49.1 Å². The van der Waals surface area contributed by atoms with Crippen molar-refractivity contribution in [3.8, 4) is 0 Å². The quantitative estimate of drug-likeness (QED) is 0.854. The van der Waals surface area contributed by atoms with Crippen LogP contribution >= 0.6 is 11.3 Å². The van der Waals surface area contributed by atoms with Gasteiger partial charge in [-0.1, -0.05) is 0 Å².